The standard InChI is InChI=1S/C20H24N2O3/c1-3-4-14-24-19-13-9-8-10-17(19)15-21-22-20(23)16(2)25-18-11-6-5-7-12-18/h5-13,15-16H,3-4,14H2,1-2H3,(H,22,23)/b21-15-/t16-/m1/s1. The van der Waals surface area contributed by atoms with Gasteiger partial charge in [-0.3, -0.25) is 4.79 Å². The van der Waals surface area contributed by atoms with Gasteiger partial charge in [-0.05, 0) is 37.6 Å². The topological polar surface area (TPSA) is 59.9 Å². The van der Waals surface area contributed by atoms with Gasteiger partial charge in [0.25, 0.3) is 5.91 Å². The maximum Gasteiger partial charge on any atom is 0.280 e. The Morgan fingerprint density at radius 3 is 2.64 bits per heavy atom. The third-order valence-corrected chi connectivity index (χ3v) is 3.48. The molecule has 0 bridgehead atoms. The highest BCUT2D eigenvalue weighted by molar-refractivity contribution is 5.86. The fourth-order valence-electron chi connectivity index (χ4n) is 2.06. The minimum absolute atomic E-state index is 0.315. The third-order valence-electron chi connectivity index (χ3n) is 3.48. The van der Waals surface area contributed by atoms with Gasteiger partial charge in [-0.2, -0.15) is 5.10 Å². The van der Waals surface area contributed by atoms with Crippen molar-refractivity contribution in [3.63, 3.8) is 0 Å². The quantitative estimate of drug-likeness (QED) is 0.429. The van der Waals surface area contributed by atoms with Crippen molar-refractivity contribution in [3.05, 3.63) is 60.2 Å². The molecule has 1 amide bonds. The number of hydrazone groups is 1. The van der Waals surface area contributed by atoms with Crippen molar-refractivity contribution in [2.24, 2.45) is 5.10 Å². The zero-order chi connectivity index (χ0) is 17.9. The smallest absolute Gasteiger partial charge is 0.280 e. The molecule has 0 saturated heterocycles. The first kappa shape index (κ1) is 18.5. The molecule has 0 aliphatic heterocycles. The lowest BCUT2D eigenvalue weighted by Crippen LogP contribution is -2.33. The van der Waals surface area contributed by atoms with Gasteiger partial charge in [0.1, 0.15) is 11.5 Å². The molecule has 25 heavy (non-hydrogen) atoms. The summed E-state index contributed by atoms with van der Waals surface area (Å²) in [6.45, 7) is 4.46. The molecule has 0 aliphatic rings. The van der Waals surface area contributed by atoms with E-state index >= 15 is 0 Å². The monoisotopic (exact) mass is 340 g/mol. The molecule has 132 valence electrons. The van der Waals surface area contributed by atoms with Crippen LogP contribution < -0.4 is 14.9 Å². The first-order valence-corrected chi connectivity index (χ1v) is 8.47. The molecule has 0 heterocycles. The average molecular weight is 340 g/mol. The largest absolute Gasteiger partial charge is 0.493 e. The molecule has 0 unspecified atom stereocenters. The van der Waals surface area contributed by atoms with Crippen LogP contribution in [0.15, 0.2) is 59.7 Å². The fraction of sp³-hybridized carbons (Fsp3) is 0.300. The Morgan fingerprint density at radius 2 is 1.88 bits per heavy atom. The second kappa shape index (κ2) is 10.1. The molecular weight excluding hydrogens is 316 g/mol. The molecule has 2 aromatic rings. The number of rotatable bonds is 9. The summed E-state index contributed by atoms with van der Waals surface area (Å²) in [7, 11) is 0. The number of nitrogens with one attached hydrogen (secondary N) is 1. The van der Waals surface area contributed by atoms with Crippen LogP contribution in [0.25, 0.3) is 0 Å². The van der Waals surface area contributed by atoms with E-state index in [4.69, 9.17) is 9.47 Å². The molecule has 0 aromatic heterocycles. The van der Waals surface area contributed by atoms with Crippen LogP contribution in [-0.4, -0.2) is 24.8 Å². The molecular formula is C20H24N2O3. The predicted octanol–water partition coefficient (Wildman–Crippen LogP) is 3.78. The Bertz CT molecular complexity index is 686. The summed E-state index contributed by atoms with van der Waals surface area (Å²) in [6.07, 6.45) is 3.01. The highest BCUT2D eigenvalue weighted by Crippen LogP contribution is 2.16. The van der Waals surface area contributed by atoms with Gasteiger partial charge in [0, 0.05) is 5.56 Å². The normalized spacial score (nSPS) is 11.9. The minimum Gasteiger partial charge on any atom is -0.493 e. The van der Waals surface area contributed by atoms with E-state index < -0.39 is 6.10 Å². The van der Waals surface area contributed by atoms with E-state index in [1.54, 1.807) is 25.3 Å². The Labute approximate surface area is 148 Å². The Hall–Kier alpha value is -2.82. The van der Waals surface area contributed by atoms with Crippen molar-refractivity contribution < 1.29 is 14.3 Å². The number of unbranched alkanes of at least 4 members (excludes halogenated alkanes) is 1. The van der Waals surface area contributed by atoms with Crippen molar-refractivity contribution in [2.45, 2.75) is 32.8 Å². The molecule has 1 atom stereocenters. The van der Waals surface area contributed by atoms with Crippen LogP contribution in [0.2, 0.25) is 0 Å². The predicted molar refractivity (Wildman–Crippen MR) is 99.1 cm³/mol. The number of hydrogen-bond donors (Lipinski definition) is 1. The van der Waals surface area contributed by atoms with E-state index in [0.717, 1.165) is 24.2 Å². The molecule has 2 rings (SSSR count). The van der Waals surface area contributed by atoms with Crippen LogP contribution in [-0.2, 0) is 4.79 Å². The van der Waals surface area contributed by atoms with Crippen LogP contribution >= 0.6 is 0 Å². The fourth-order valence-corrected chi connectivity index (χ4v) is 2.06. The first-order valence-electron chi connectivity index (χ1n) is 8.47. The second-order valence-electron chi connectivity index (χ2n) is 5.55. The summed E-state index contributed by atoms with van der Waals surface area (Å²) < 4.78 is 11.3. The number of carbonyl (C=O) groups is 1. The lowest BCUT2D eigenvalue weighted by molar-refractivity contribution is -0.127. The Morgan fingerprint density at radius 1 is 1.16 bits per heavy atom. The van der Waals surface area contributed by atoms with Crippen molar-refractivity contribution >= 4 is 12.1 Å². The molecule has 0 fully saturated rings. The first-order chi connectivity index (χ1) is 12.2. The maximum absolute atomic E-state index is 12.1. The molecule has 0 aliphatic carbocycles. The molecule has 0 spiro atoms. The zero-order valence-electron chi connectivity index (χ0n) is 14.6. The summed E-state index contributed by atoms with van der Waals surface area (Å²) in [6, 6.07) is 16.8. The van der Waals surface area contributed by atoms with Crippen LogP contribution in [0.5, 0.6) is 11.5 Å². The van der Waals surface area contributed by atoms with Crippen LogP contribution in [0.3, 0.4) is 0 Å². The van der Waals surface area contributed by atoms with Gasteiger partial charge in [-0.1, -0.05) is 43.7 Å². The highest BCUT2D eigenvalue weighted by Gasteiger charge is 2.13. The van der Waals surface area contributed by atoms with Crippen molar-refractivity contribution in [3.8, 4) is 11.5 Å². The summed E-state index contributed by atoms with van der Waals surface area (Å²) in [4.78, 5) is 12.1. The van der Waals surface area contributed by atoms with Crippen LogP contribution in [0.4, 0.5) is 0 Å². The number of para-hydroxylation sites is 2. The molecule has 5 heteroatoms. The molecule has 2 aromatic carbocycles. The van der Waals surface area contributed by atoms with Gasteiger partial charge in [0.15, 0.2) is 6.10 Å². The summed E-state index contributed by atoms with van der Waals surface area (Å²) >= 11 is 0. The lowest BCUT2D eigenvalue weighted by Gasteiger charge is -2.12. The number of benzene rings is 2. The lowest BCUT2D eigenvalue weighted by atomic mass is 10.2. The summed E-state index contributed by atoms with van der Waals surface area (Å²) in [5, 5.41) is 4.01. The van der Waals surface area contributed by atoms with Gasteiger partial charge in [0.05, 0.1) is 12.8 Å². The number of nitrogens with zero attached hydrogens (tertiary/aromatic N) is 1. The van der Waals surface area contributed by atoms with Crippen molar-refractivity contribution in [1.82, 2.24) is 5.43 Å². The van der Waals surface area contributed by atoms with Gasteiger partial charge in [-0.25, -0.2) is 5.43 Å². The molecule has 1 N–H and O–H groups in total. The Kier molecular flexibility index (Phi) is 7.50. The molecule has 0 saturated carbocycles. The summed E-state index contributed by atoms with van der Waals surface area (Å²) in [5.41, 5.74) is 3.31. The number of ether oxygens (including phenoxy) is 2. The third kappa shape index (κ3) is 6.30. The highest BCUT2D eigenvalue weighted by atomic mass is 16.5. The number of carbonyl (C=O) groups excluding carboxylic acids is 1. The zero-order valence-corrected chi connectivity index (χ0v) is 14.6. The average Bonchev–Trinajstić information content (AvgIpc) is 2.64. The van der Waals surface area contributed by atoms with Crippen LogP contribution in [0.1, 0.15) is 32.3 Å². The number of amides is 1. The van der Waals surface area contributed by atoms with E-state index in [2.05, 4.69) is 17.5 Å². The van der Waals surface area contributed by atoms with Gasteiger partial charge in [-0.15, -0.1) is 0 Å². The minimum atomic E-state index is -0.643. The molecule has 5 nitrogen and oxygen atoms in total. The Balaban J connectivity index is 1.88. The van der Waals surface area contributed by atoms with Crippen molar-refractivity contribution in [1.29, 1.82) is 0 Å². The van der Waals surface area contributed by atoms with Crippen molar-refractivity contribution in [2.75, 3.05) is 6.61 Å². The van der Waals surface area contributed by atoms with Crippen LogP contribution in [0, 0.1) is 0 Å². The number of hydrogen-bond acceptors (Lipinski definition) is 4. The van der Waals surface area contributed by atoms with Gasteiger partial charge in [0.2, 0.25) is 0 Å². The SMILES string of the molecule is CCCCOc1ccccc1/C=N\NC(=O)[C@@H](C)Oc1ccccc1. The van der Waals surface area contributed by atoms with E-state index in [1.807, 2.05) is 42.5 Å². The van der Waals surface area contributed by atoms with Gasteiger partial charge >= 0.3 is 0 Å². The maximum atomic E-state index is 12.1. The summed E-state index contributed by atoms with van der Waals surface area (Å²) in [5.74, 6) is 1.08. The van der Waals surface area contributed by atoms with Gasteiger partial charge < -0.3 is 9.47 Å². The molecule has 0 radical (unpaired) electrons. The van der Waals surface area contributed by atoms with E-state index in [9.17, 15) is 4.79 Å². The second-order valence-corrected chi connectivity index (χ2v) is 5.55. The van der Waals surface area contributed by atoms with E-state index in [1.165, 1.54) is 0 Å². The van der Waals surface area contributed by atoms with E-state index in [-0.39, 0.29) is 5.91 Å². The van der Waals surface area contributed by atoms with E-state index in [0.29, 0.717) is 12.4 Å².